The fourth-order valence-electron chi connectivity index (χ4n) is 2.56. The summed E-state index contributed by atoms with van der Waals surface area (Å²) >= 11 is 1.45. The van der Waals surface area contributed by atoms with Crippen LogP contribution >= 0.6 is 11.3 Å². The Balaban J connectivity index is 1.68. The van der Waals surface area contributed by atoms with E-state index in [-0.39, 0.29) is 12.5 Å². The van der Waals surface area contributed by atoms with Crippen molar-refractivity contribution in [1.29, 1.82) is 0 Å². The third-order valence-electron chi connectivity index (χ3n) is 4.11. The van der Waals surface area contributed by atoms with Crippen molar-refractivity contribution in [2.75, 3.05) is 25.2 Å². The first kappa shape index (κ1) is 18.9. The van der Waals surface area contributed by atoms with Gasteiger partial charge in [0.05, 0.1) is 12.8 Å². The van der Waals surface area contributed by atoms with Crippen molar-refractivity contribution in [3.8, 4) is 22.8 Å². The lowest BCUT2D eigenvalue weighted by molar-refractivity contribution is -0.120. The predicted octanol–water partition coefficient (Wildman–Crippen LogP) is 4.56. The topological polar surface area (TPSA) is 51.7 Å². The maximum absolute atomic E-state index is 12.6. The van der Waals surface area contributed by atoms with Gasteiger partial charge in [-0.05, 0) is 50.2 Å². The van der Waals surface area contributed by atoms with Crippen molar-refractivity contribution >= 4 is 22.4 Å². The fourth-order valence-corrected chi connectivity index (χ4v) is 3.47. The quantitative estimate of drug-likeness (QED) is 0.601. The van der Waals surface area contributed by atoms with E-state index < -0.39 is 0 Å². The molecule has 0 spiro atoms. The first-order valence-electron chi connectivity index (χ1n) is 8.70. The number of hydrogen-bond donors (Lipinski definition) is 0. The van der Waals surface area contributed by atoms with E-state index in [0.717, 1.165) is 22.6 Å². The molecule has 0 saturated heterocycles. The standard InChI is InChI=1S/C21H22N2O3S/c1-4-23(20(24)13-26-18-9-5-15(2)6-10-18)21-22-19(14-27-21)16-7-11-17(25-3)12-8-16/h5-12,14H,4,13H2,1-3H3. The molecular weight excluding hydrogens is 360 g/mol. The molecule has 0 aliphatic carbocycles. The van der Waals surface area contributed by atoms with Gasteiger partial charge >= 0.3 is 0 Å². The lowest BCUT2D eigenvalue weighted by Crippen LogP contribution is -2.34. The van der Waals surface area contributed by atoms with E-state index in [1.165, 1.54) is 11.3 Å². The number of amides is 1. The first-order valence-corrected chi connectivity index (χ1v) is 9.58. The first-order chi connectivity index (χ1) is 13.1. The summed E-state index contributed by atoms with van der Waals surface area (Å²) in [4.78, 5) is 18.9. The SMILES string of the molecule is CCN(C(=O)COc1ccc(C)cc1)c1nc(-c2ccc(OC)cc2)cs1. The number of ether oxygens (including phenoxy) is 2. The van der Waals surface area contributed by atoms with E-state index in [9.17, 15) is 4.79 Å². The van der Waals surface area contributed by atoms with Crippen molar-refractivity contribution in [2.45, 2.75) is 13.8 Å². The minimum Gasteiger partial charge on any atom is -0.497 e. The summed E-state index contributed by atoms with van der Waals surface area (Å²) in [5.74, 6) is 1.37. The van der Waals surface area contributed by atoms with Crippen LogP contribution in [0.4, 0.5) is 5.13 Å². The second-order valence-corrected chi connectivity index (χ2v) is 6.82. The van der Waals surface area contributed by atoms with Crippen LogP contribution in [0, 0.1) is 6.92 Å². The van der Waals surface area contributed by atoms with E-state index >= 15 is 0 Å². The molecule has 0 atom stereocenters. The van der Waals surface area contributed by atoms with Crippen LogP contribution in [0.25, 0.3) is 11.3 Å². The number of anilines is 1. The average molecular weight is 382 g/mol. The van der Waals surface area contributed by atoms with E-state index in [4.69, 9.17) is 9.47 Å². The Morgan fingerprint density at radius 3 is 2.37 bits per heavy atom. The Morgan fingerprint density at radius 1 is 1.07 bits per heavy atom. The summed E-state index contributed by atoms with van der Waals surface area (Å²) < 4.78 is 10.8. The number of thiazole rings is 1. The largest absolute Gasteiger partial charge is 0.497 e. The predicted molar refractivity (Wildman–Crippen MR) is 109 cm³/mol. The van der Waals surface area contributed by atoms with Gasteiger partial charge in [-0.3, -0.25) is 9.69 Å². The summed E-state index contributed by atoms with van der Waals surface area (Å²) in [5, 5.41) is 2.62. The summed E-state index contributed by atoms with van der Waals surface area (Å²) in [5.41, 5.74) is 2.97. The number of hydrogen-bond acceptors (Lipinski definition) is 5. The van der Waals surface area contributed by atoms with Crippen LogP contribution in [0.1, 0.15) is 12.5 Å². The molecule has 2 aromatic carbocycles. The molecule has 5 nitrogen and oxygen atoms in total. The van der Waals surface area contributed by atoms with Crippen molar-refractivity contribution in [3.05, 3.63) is 59.5 Å². The van der Waals surface area contributed by atoms with Gasteiger partial charge in [-0.1, -0.05) is 17.7 Å². The molecule has 0 N–H and O–H groups in total. The molecule has 0 aliphatic rings. The lowest BCUT2D eigenvalue weighted by Gasteiger charge is -2.18. The van der Waals surface area contributed by atoms with Crippen LogP contribution < -0.4 is 14.4 Å². The number of methoxy groups -OCH3 is 1. The molecule has 0 fully saturated rings. The van der Waals surface area contributed by atoms with E-state index in [2.05, 4.69) is 4.98 Å². The van der Waals surface area contributed by atoms with Gasteiger partial charge in [-0.25, -0.2) is 4.98 Å². The normalized spacial score (nSPS) is 10.5. The molecule has 0 saturated carbocycles. The third-order valence-corrected chi connectivity index (χ3v) is 4.97. The highest BCUT2D eigenvalue weighted by molar-refractivity contribution is 7.14. The van der Waals surface area contributed by atoms with Crippen LogP contribution in [-0.4, -0.2) is 31.2 Å². The Hall–Kier alpha value is -2.86. The number of aryl methyl sites for hydroxylation is 1. The van der Waals surface area contributed by atoms with E-state index in [0.29, 0.717) is 17.4 Å². The molecule has 1 heterocycles. The zero-order valence-corrected chi connectivity index (χ0v) is 16.5. The molecule has 6 heteroatoms. The second kappa shape index (κ2) is 8.68. The molecule has 1 aromatic heterocycles. The Kier molecular flexibility index (Phi) is 6.08. The highest BCUT2D eigenvalue weighted by Crippen LogP contribution is 2.28. The molecule has 140 valence electrons. The summed E-state index contributed by atoms with van der Waals surface area (Å²) in [6.07, 6.45) is 0. The third kappa shape index (κ3) is 4.65. The fraction of sp³-hybridized carbons (Fsp3) is 0.238. The zero-order chi connectivity index (χ0) is 19.2. The van der Waals surface area contributed by atoms with Crippen molar-refractivity contribution in [2.24, 2.45) is 0 Å². The van der Waals surface area contributed by atoms with Crippen LogP contribution in [0.2, 0.25) is 0 Å². The van der Waals surface area contributed by atoms with Crippen LogP contribution in [-0.2, 0) is 4.79 Å². The maximum atomic E-state index is 12.6. The van der Waals surface area contributed by atoms with Gasteiger partial charge in [0, 0.05) is 17.5 Å². The monoisotopic (exact) mass is 382 g/mol. The minimum absolute atomic E-state index is 0.0195. The number of likely N-dealkylation sites (N-methyl/N-ethyl adjacent to an activating group) is 1. The number of aromatic nitrogens is 1. The molecule has 1 amide bonds. The zero-order valence-electron chi connectivity index (χ0n) is 15.6. The number of nitrogens with zero attached hydrogens (tertiary/aromatic N) is 2. The van der Waals surface area contributed by atoms with Gasteiger partial charge in [0.2, 0.25) is 0 Å². The van der Waals surface area contributed by atoms with Crippen molar-refractivity contribution in [1.82, 2.24) is 4.98 Å². The Labute approximate surface area is 163 Å². The second-order valence-electron chi connectivity index (χ2n) is 5.98. The smallest absolute Gasteiger partial charge is 0.266 e. The number of benzene rings is 2. The molecule has 3 rings (SSSR count). The van der Waals surface area contributed by atoms with Crippen LogP contribution in [0.5, 0.6) is 11.5 Å². The van der Waals surface area contributed by atoms with Gasteiger partial charge in [0.25, 0.3) is 5.91 Å². The highest BCUT2D eigenvalue weighted by Gasteiger charge is 2.18. The number of rotatable bonds is 7. The summed E-state index contributed by atoms with van der Waals surface area (Å²) in [6.45, 7) is 4.45. The van der Waals surface area contributed by atoms with Crippen molar-refractivity contribution in [3.63, 3.8) is 0 Å². The molecule has 3 aromatic rings. The van der Waals surface area contributed by atoms with E-state index in [1.807, 2.05) is 67.8 Å². The van der Waals surface area contributed by atoms with Crippen LogP contribution in [0.3, 0.4) is 0 Å². The van der Waals surface area contributed by atoms with Gasteiger partial charge in [0.15, 0.2) is 11.7 Å². The van der Waals surface area contributed by atoms with E-state index in [1.54, 1.807) is 12.0 Å². The van der Waals surface area contributed by atoms with Gasteiger partial charge in [-0.15, -0.1) is 11.3 Å². The highest BCUT2D eigenvalue weighted by atomic mass is 32.1. The molecule has 0 unspecified atom stereocenters. The van der Waals surface area contributed by atoms with Crippen molar-refractivity contribution < 1.29 is 14.3 Å². The maximum Gasteiger partial charge on any atom is 0.266 e. The molecule has 0 bridgehead atoms. The molecule has 0 radical (unpaired) electrons. The average Bonchev–Trinajstić information content (AvgIpc) is 3.18. The number of carbonyl (C=O) groups is 1. The number of carbonyl (C=O) groups excluding carboxylic acids is 1. The lowest BCUT2D eigenvalue weighted by atomic mass is 10.2. The summed E-state index contributed by atoms with van der Waals surface area (Å²) in [7, 11) is 1.64. The molecular formula is C21H22N2O3S. The Morgan fingerprint density at radius 2 is 1.74 bits per heavy atom. The Bertz CT molecular complexity index is 889. The van der Waals surface area contributed by atoms with Gasteiger partial charge in [-0.2, -0.15) is 0 Å². The van der Waals surface area contributed by atoms with Crippen LogP contribution in [0.15, 0.2) is 53.9 Å². The summed E-state index contributed by atoms with van der Waals surface area (Å²) in [6, 6.07) is 15.3. The van der Waals surface area contributed by atoms with Gasteiger partial charge < -0.3 is 9.47 Å². The molecule has 0 aliphatic heterocycles. The minimum atomic E-state index is -0.117. The van der Waals surface area contributed by atoms with Gasteiger partial charge in [0.1, 0.15) is 11.5 Å². The molecule has 27 heavy (non-hydrogen) atoms.